The third-order valence-electron chi connectivity index (χ3n) is 5.82. The van der Waals surface area contributed by atoms with Crippen molar-refractivity contribution in [3.8, 4) is 0 Å². The topological polar surface area (TPSA) is 75.7 Å². The van der Waals surface area contributed by atoms with Crippen molar-refractivity contribution >= 4 is 17.8 Å². The number of likely N-dealkylation sites (tertiary alicyclic amines) is 1. The zero-order valence-corrected chi connectivity index (χ0v) is 18.1. The van der Waals surface area contributed by atoms with Crippen LogP contribution in [0.5, 0.6) is 0 Å². The van der Waals surface area contributed by atoms with Crippen LogP contribution in [0.25, 0.3) is 0 Å². The molecule has 0 saturated carbocycles. The lowest BCUT2D eigenvalue weighted by Crippen LogP contribution is -2.64. The molecule has 6 nitrogen and oxygen atoms in total. The van der Waals surface area contributed by atoms with E-state index in [1.54, 1.807) is 48.5 Å². The first-order chi connectivity index (χ1) is 15.7. The fourth-order valence-corrected chi connectivity index (χ4v) is 4.25. The predicted octanol–water partition coefficient (Wildman–Crippen LogP) is 3.36. The number of carbonyl (C=O) groups excluding carboxylic acids is 3. The Labute approximate surface area is 189 Å². The summed E-state index contributed by atoms with van der Waals surface area (Å²) in [5.41, 5.74) is -0.924. The molecule has 176 valence electrons. The molecule has 3 rings (SSSR count). The number of hydrogen-bond donors (Lipinski definition) is 1. The number of nitrogens with zero attached hydrogens (tertiary/aromatic N) is 1. The number of amides is 2. The highest BCUT2D eigenvalue weighted by molar-refractivity contribution is 5.96. The van der Waals surface area contributed by atoms with Crippen molar-refractivity contribution in [3.63, 3.8) is 0 Å². The minimum atomic E-state index is -5.15. The van der Waals surface area contributed by atoms with Crippen LogP contribution >= 0.6 is 0 Å². The van der Waals surface area contributed by atoms with Crippen LogP contribution in [0, 0.1) is 0 Å². The molecule has 1 fully saturated rings. The normalized spacial score (nSPS) is 19.5. The molecule has 1 aliphatic rings. The quantitative estimate of drug-likeness (QED) is 0.668. The van der Waals surface area contributed by atoms with Crippen molar-refractivity contribution < 1.29 is 32.3 Å². The molecule has 0 aromatic heterocycles. The third kappa shape index (κ3) is 5.18. The van der Waals surface area contributed by atoms with Crippen molar-refractivity contribution in [3.05, 3.63) is 71.8 Å². The molecule has 0 unspecified atom stereocenters. The molecule has 9 heteroatoms. The summed E-state index contributed by atoms with van der Waals surface area (Å²) in [6.07, 6.45) is -4.32. The average Bonchev–Trinajstić information content (AvgIpc) is 2.83. The van der Waals surface area contributed by atoms with Crippen LogP contribution in [0.1, 0.15) is 30.4 Å². The predicted molar refractivity (Wildman–Crippen MR) is 114 cm³/mol. The molecule has 2 amide bonds. The van der Waals surface area contributed by atoms with Crippen molar-refractivity contribution in [2.24, 2.45) is 0 Å². The van der Waals surface area contributed by atoms with Gasteiger partial charge < -0.3 is 15.0 Å². The van der Waals surface area contributed by atoms with Gasteiger partial charge in [-0.25, -0.2) is 4.79 Å². The van der Waals surface area contributed by atoms with E-state index in [4.69, 9.17) is 4.74 Å². The Bertz CT molecular complexity index is 982. The number of halogens is 3. The van der Waals surface area contributed by atoms with Crippen molar-refractivity contribution in [2.75, 3.05) is 13.7 Å². The van der Waals surface area contributed by atoms with Crippen LogP contribution in [0.4, 0.5) is 13.2 Å². The average molecular weight is 462 g/mol. The van der Waals surface area contributed by atoms with Crippen LogP contribution in [0.15, 0.2) is 60.7 Å². The zero-order valence-electron chi connectivity index (χ0n) is 18.1. The van der Waals surface area contributed by atoms with Gasteiger partial charge in [0.25, 0.3) is 5.91 Å². The molecule has 33 heavy (non-hydrogen) atoms. The van der Waals surface area contributed by atoms with Gasteiger partial charge in [0.1, 0.15) is 11.6 Å². The minimum absolute atomic E-state index is 0.0100. The Morgan fingerprint density at radius 3 is 2.21 bits per heavy atom. The van der Waals surface area contributed by atoms with E-state index in [0.29, 0.717) is 17.7 Å². The van der Waals surface area contributed by atoms with Gasteiger partial charge >= 0.3 is 18.1 Å². The van der Waals surface area contributed by atoms with Gasteiger partial charge in [-0.2, -0.15) is 13.2 Å². The summed E-state index contributed by atoms with van der Waals surface area (Å²) in [4.78, 5) is 39.2. The van der Waals surface area contributed by atoms with Gasteiger partial charge in [0.05, 0.1) is 7.11 Å². The Morgan fingerprint density at radius 1 is 1.03 bits per heavy atom. The minimum Gasteiger partial charge on any atom is -0.467 e. The molecule has 2 atom stereocenters. The standard InChI is InChI=1S/C24H25F3N2O4/c1-33-20(30)19(16-17-10-4-2-5-11-17)28-21(31)23(18-12-6-3-7-13-18)14-8-9-15-29(23)22(32)24(25,26)27/h2-7,10-13,19H,8-9,14-16H2,1H3,(H,28,31)/t19-,23+/m0/s1. The molecule has 1 heterocycles. The smallest absolute Gasteiger partial charge is 0.467 e. The lowest BCUT2D eigenvalue weighted by atomic mass is 9.79. The number of carbonyl (C=O) groups is 3. The molecular weight excluding hydrogens is 437 g/mol. The number of alkyl halides is 3. The van der Waals surface area contributed by atoms with E-state index in [2.05, 4.69) is 5.32 Å². The highest BCUT2D eigenvalue weighted by atomic mass is 19.4. The van der Waals surface area contributed by atoms with Crippen molar-refractivity contribution in [1.82, 2.24) is 10.2 Å². The number of methoxy groups -OCH3 is 1. The Kier molecular flexibility index (Phi) is 7.40. The fraction of sp³-hybridized carbons (Fsp3) is 0.375. The van der Waals surface area contributed by atoms with Crippen LogP contribution in [-0.4, -0.2) is 48.6 Å². The second-order valence-corrected chi connectivity index (χ2v) is 7.88. The van der Waals surface area contributed by atoms with E-state index < -0.39 is 35.5 Å². The maximum atomic E-state index is 13.7. The van der Waals surface area contributed by atoms with E-state index >= 15 is 0 Å². The summed E-state index contributed by atoms with van der Waals surface area (Å²) in [6.45, 7) is -0.234. The summed E-state index contributed by atoms with van der Waals surface area (Å²) in [5.74, 6) is -3.67. The van der Waals surface area contributed by atoms with Crippen LogP contribution in [0.3, 0.4) is 0 Å². The molecule has 0 spiro atoms. The summed E-state index contributed by atoms with van der Waals surface area (Å²) < 4.78 is 45.3. The van der Waals surface area contributed by atoms with Gasteiger partial charge in [-0.1, -0.05) is 60.7 Å². The third-order valence-corrected chi connectivity index (χ3v) is 5.82. The number of esters is 1. The molecular formula is C24H25F3N2O4. The summed E-state index contributed by atoms with van der Waals surface area (Å²) in [7, 11) is 1.17. The van der Waals surface area contributed by atoms with Gasteiger partial charge in [-0.3, -0.25) is 9.59 Å². The Hall–Kier alpha value is -3.36. The fourth-order valence-electron chi connectivity index (χ4n) is 4.25. The van der Waals surface area contributed by atoms with Gasteiger partial charge in [0.15, 0.2) is 0 Å². The van der Waals surface area contributed by atoms with Crippen LogP contribution in [-0.2, 0) is 31.1 Å². The van der Waals surface area contributed by atoms with E-state index in [0.717, 1.165) is 5.56 Å². The Morgan fingerprint density at radius 2 is 1.64 bits per heavy atom. The number of ether oxygens (including phenoxy) is 1. The largest absolute Gasteiger partial charge is 0.471 e. The van der Waals surface area contributed by atoms with Crippen molar-refractivity contribution in [1.29, 1.82) is 0 Å². The zero-order chi connectivity index (χ0) is 24.1. The molecule has 0 radical (unpaired) electrons. The molecule has 0 bridgehead atoms. The monoisotopic (exact) mass is 462 g/mol. The molecule has 2 aromatic rings. The summed E-state index contributed by atoms with van der Waals surface area (Å²) in [5, 5.41) is 2.59. The van der Waals surface area contributed by atoms with E-state index in [1.807, 2.05) is 0 Å². The van der Waals surface area contributed by atoms with E-state index in [-0.39, 0.29) is 24.9 Å². The maximum absolute atomic E-state index is 13.7. The first-order valence-electron chi connectivity index (χ1n) is 10.6. The van der Waals surface area contributed by atoms with E-state index in [9.17, 15) is 27.6 Å². The summed E-state index contributed by atoms with van der Waals surface area (Å²) >= 11 is 0. The number of piperidine rings is 1. The number of hydrogen-bond acceptors (Lipinski definition) is 4. The number of nitrogens with one attached hydrogen (secondary N) is 1. The van der Waals surface area contributed by atoms with Gasteiger partial charge in [0, 0.05) is 13.0 Å². The van der Waals surface area contributed by atoms with Gasteiger partial charge in [-0.05, 0) is 30.4 Å². The second-order valence-electron chi connectivity index (χ2n) is 7.88. The first-order valence-corrected chi connectivity index (χ1v) is 10.6. The Balaban J connectivity index is 2.03. The molecule has 0 aliphatic carbocycles. The highest BCUT2D eigenvalue weighted by Crippen LogP contribution is 2.40. The van der Waals surface area contributed by atoms with E-state index in [1.165, 1.54) is 19.2 Å². The molecule has 1 aliphatic heterocycles. The van der Waals surface area contributed by atoms with Crippen LogP contribution in [0.2, 0.25) is 0 Å². The summed E-state index contributed by atoms with van der Waals surface area (Å²) in [6, 6.07) is 15.6. The second kappa shape index (κ2) is 10.1. The van der Waals surface area contributed by atoms with Gasteiger partial charge in [0.2, 0.25) is 0 Å². The lowest BCUT2D eigenvalue weighted by Gasteiger charge is -2.46. The molecule has 1 saturated heterocycles. The number of benzene rings is 2. The molecule has 2 aromatic carbocycles. The maximum Gasteiger partial charge on any atom is 0.471 e. The van der Waals surface area contributed by atoms with Crippen molar-refractivity contribution in [2.45, 2.75) is 43.4 Å². The van der Waals surface area contributed by atoms with Crippen LogP contribution < -0.4 is 5.32 Å². The molecule has 1 N–H and O–H groups in total. The SMILES string of the molecule is COC(=O)[C@H](Cc1ccccc1)NC(=O)[C@]1(c2ccccc2)CCCCN1C(=O)C(F)(F)F. The first kappa shape index (κ1) is 24.3. The number of rotatable bonds is 6. The van der Waals surface area contributed by atoms with Gasteiger partial charge in [-0.15, -0.1) is 0 Å². The lowest BCUT2D eigenvalue weighted by molar-refractivity contribution is -0.195. The highest BCUT2D eigenvalue weighted by Gasteiger charge is 2.55.